The van der Waals surface area contributed by atoms with Crippen molar-refractivity contribution in [1.29, 1.82) is 0 Å². The molecular formula is C11H13Cl2NO3S. The number of carbonyl (C=O) groups excluding carboxylic acids is 1. The van der Waals surface area contributed by atoms with Gasteiger partial charge in [-0.1, -0.05) is 43.5 Å². The summed E-state index contributed by atoms with van der Waals surface area (Å²) in [6.45, 7) is 3.63. The quantitative estimate of drug-likeness (QED) is 0.877. The van der Waals surface area contributed by atoms with Crippen LogP contribution in [-0.2, 0) is 4.79 Å². The Morgan fingerprint density at radius 2 is 2.11 bits per heavy atom. The van der Waals surface area contributed by atoms with Gasteiger partial charge in [-0.3, -0.25) is 4.79 Å². The Kier molecular flexibility index (Phi) is 5.44. The lowest BCUT2D eigenvalue weighted by atomic mass is 9.99. The summed E-state index contributed by atoms with van der Waals surface area (Å²) >= 11 is 12.6. The number of hydrogen-bond acceptors (Lipinski definition) is 3. The fourth-order valence-electron chi connectivity index (χ4n) is 1.40. The van der Waals surface area contributed by atoms with E-state index in [1.165, 1.54) is 6.07 Å². The number of rotatable bonds is 5. The minimum Gasteiger partial charge on any atom is -0.480 e. The Labute approximate surface area is 119 Å². The molecule has 0 aliphatic rings. The molecule has 0 fully saturated rings. The van der Waals surface area contributed by atoms with Crippen molar-refractivity contribution >= 4 is 46.4 Å². The van der Waals surface area contributed by atoms with Gasteiger partial charge in [0.2, 0.25) is 0 Å². The number of amides is 1. The number of halogens is 2. The Balaban J connectivity index is 2.85. The molecule has 0 spiro atoms. The fourth-order valence-corrected chi connectivity index (χ4v) is 2.86. The SMILES string of the molecule is CC[C@H](C)[C@H](NC(=O)c1cc(Cl)sc1Cl)C(=O)O. The molecule has 0 saturated carbocycles. The minimum absolute atomic E-state index is 0.167. The van der Waals surface area contributed by atoms with Crippen LogP contribution in [0.4, 0.5) is 0 Å². The van der Waals surface area contributed by atoms with Gasteiger partial charge in [0, 0.05) is 0 Å². The number of carboxylic acid groups (broad SMARTS) is 1. The molecule has 100 valence electrons. The third-order valence-corrected chi connectivity index (χ3v) is 4.15. The zero-order valence-electron chi connectivity index (χ0n) is 9.87. The summed E-state index contributed by atoms with van der Waals surface area (Å²) in [6.07, 6.45) is 0.648. The van der Waals surface area contributed by atoms with Crippen molar-refractivity contribution in [2.45, 2.75) is 26.3 Å². The highest BCUT2D eigenvalue weighted by Gasteiger charge is 2.27. The molecule has 0 saturated heterocycles. The topological polar surface area (TPSA) is 66.4 Å². The van der Waals surface area contributed by atoms with Crippen molar-refractivity contribution in [2.75, 3.05) is 0 Å². The third-order valence-electron chi connectivity index (χ3n) is 2.67. The lowest BCUT2D eigenvalue weighted by Gasteiger charge is -2.19. The summed E-state index contributed by atoms with van der Waals surface area (Å²) in [6, 6.07) is 0.497. The Morgan fingerprint density at radius 3 is 2.50 bits per heavy atom. The van der Waals surface area contributed by atoms with Crippen molar-refractivity contribution in [3.05, 3.63) is 20.3 Å². The van der Waals surface area contributed by atoms with Crippen molar-refractivity contribution in [1.82, 2.24) is 5.32 Å². The molecule has 1 rings (SSSR count). The molecule has 0 unspecified atom stereocenters. The molecule has 0 aliphatic heterocycles. The lowest BCUT2D eigenvalue weighted by molar-refractivity contribution is -0.140. The number of nitrogens with one attached hydrogen (secondary N) is 1. The summed E-state index contributed by atoms with van der Waals surface area (Å²) in [5.41, 5.74) is 0.209. The van der Waals surface area contributed by atoms with E-state index in [-0.39, 0.29) is 15.8 Å². The molecule has 4 nitrogen and oxygen atoms in total. The van der Waals surface area contributed by atoms with Crippen LogP contribution in [0.2, 0.25) is 8.67 Å². The number of carbonyl (C=O) groups is 2. The van der Waals surface area contributed by atoms with Gasteiger partial charge in [0.05, 0.1) is 9.90 Å². The second-order valence-corrected chi connectivity index (χ2v) is 6.20. The molecule has 0 aromatic carbocycles. The average Bonchev–Trinajstić information content (AvgIpc) is 2.63. The summed E-state index contributed by atoms with van der Waals surface area (Å²) in [7, 11) is 0. The van der Waals surface area contributed by atoms with Crippen LogP contribution < -0.4 is 5.32 Å². The molecular weight excluding hydrogens is 297 g/mol. The highest BCUT2D eigenvalue weighted by atomic mass is 35.5. The lowest BCUT2D eigenvalue weighted by Crippen LogP contribution is -2.44. The number of thiophene rings is 1. The van der Waals surface area contributed by atoms with Crippen LogP contribution in [0.1, 0.15) is 30.6 Å². The maximum atomic E-state index is 11.9. The summed E-state index contributed by atoms with van der Waals surface area (Å²) < 4.78 is 0.645. The molecule has 18 heavy (non-hydrogen) atoms. The second kappa shape index (κ2) is 6.41. The molecule has 1 aromatic rings. The van der Waals surface area contributed by atoms with E-state index >= 15 is 0 Å². The molecule has 0 bridgehead atoms. The van der Waals surface area contributed by atoms with Crippen LogP contribution in [0.5, 0.6) is 0 Å². The first-order valence-electron chi connectivity index (χ1n) is 5.35. The second-order valence-electron chi connectivity index (χ2n) is 3.91. The van der Waals surface area contributed by atoms with Crippen LogP contribution in [0.15, 0.2) is 6.07 Å². The van der Waals surface area contributed by atoms with Crippen LogP contribution in [-0.4, -0.2) is 23.0 Å². The van der Waals surface area contributed by atoms with E-state index < -0.39 is 17.9 Å². The normalized spacial score (nSPS) is 14.0. The highest BCUT2D eigenvalue weighted by Crippen LogP contribution is 2.31. The number of carboxylic acids is 1. The summed E-state index contributed by atoms with van der Waals surface area (Å²) in [5.74, 6) is -1.75. The van der Waals surface area contributed by atoms with Crippen molar-refractivity contribution < 1.29 is 14.7 Å². The van der Waals surface area contributed by atoms with E-state index in [0.29, 0.717) is 10.8 Å². The monoisotopic (exact) mass is 309 g/mol. The molecule has 7 heteroatoms. The highest BCUT2D eigenvalue weighted by molar-refractivity contribution is 7.20. The van der Waals surface area contributed by atoms with Crippen LogP contribution in [0.25, 0.3) is 0 Å². The standard InChI is InChI=1S/C11H13Cl2NO3S/c1-3-5(2)8(11(16)17)14-10(15)6-4-7(12)18-9(6)13/h4-5,8H,3H2,1-2H3,(H,14,15)(H,16,17)/t5-,8-/m0/s1. The fraction of sp³-hybridized carbons (Fsp3) is 0.455. The largest absolute Gasteiger partial charge is 0.480 e. The van der Waals surface area contributed by atoms with Crippen molar-refractivity contribution in [2.24, 2.45) is 5.92 Å². The van der Waals surface area contributed by atoms with Crippen molar-refractivity contribution in [3.8, 4) is 0 Å². The molecule has 1 heterocycles. The first-order valence-corrected chi connectivity index (χ1v) is 6.92. The van der Waals surface area contributed by atoms with Gasteiger partial charge in [0.15, 0.2) is 0 Å². The van der Waals surface area contributed by atoms with Gasteiger partial charge in [-0.2, -0.15) is 0 Å². The maximum Gasteiger partial charge on any atom is 0.326 e. The van der Waals surface area contributed by atoms with E-state index in [9.17, 15) is 9.59 Å². The molecule has 2 atom stereocenters. The van der Waals surface area contributed by atoms with E-state index in [0.717, 1.165) is 11.3 Å². The van der Waals surface area contributed by atoms with Crippen molar-refractivity contribution in [3.63, 3.8) is 0 Å². The van der Waals surface area contributed by atoms with Gasteiger partial charge < -0.3 is 10.4 Å². The maximum absolute atomic E-state index is 11.9. The summed E-state index contributed by atoms with van der Waals surface area (Å²) in [4.78, 5) is 23.0. The molecule has 1 aromatic heterocycles. The van der Waals surface area contributed by atoms with Gasteiger partial charge in [0.1, 0.15) is 10.4 Å². The first kappa shape index (κ1) is 15.3. The van der Waals surface area contributed by atoms with Crippen LogP contribution in [0, 0.1) is 5.92 Å². The van der Waals surface area contributed by atoms with E-state index in [4.69, 9.17) is 28.3 Å². The Morgan fingerprint density at radius 1 is 1.50 bits per heavy atom. The smallest absolute Gasteiger partial charge is 0.326 e. The average molecular weight is 310 g/mol. The van der Waals surface area contributed by atoms with E-state index in [1.807, 2.05) is 6.92 Å². The third kappa shape index (κ3) is 3.60. The minimum atomic E-state index is -1.06. The zero-order valence-corrected chi connectivity index (χ0v) is 12.2. The molecule has 1 amide bonds. The van der Waals surface area contributed by atoms with Gasteiger partial charge in [0.25, 0.3) is 5.91 Å². The molecule has 2 N–H and O–H groups in total. The van der Waals surface area contributed by atoms with Gasteiger partial charge in [-0.15, -0.1) is 11.3 Å². The number of aliphatic carboxylic acids is 1. The van der Waals surface area contributed by atoms with Gasteiger partial charge >= 0.3 is 5.97 Å². The predicted molar refractivity (Wildman–Crippen MR) is 72.7 cm³/mol. The van der Waals surface area contributed by atoms with Crippen LogP contribution >= 0.6 is 34.5 Å². The van der Waals surface area contributed by atoms with E-state index in [2.05, 4.69) is 5.32 Å². The van der Waals surface area contributed by atoms with Crippen LogP contribution in [0.3, 0.4) is 0 Å². The van der Waals surface area contributed by atoms with Gasteiger partial charge in [-0.05, 0) is 12.0 Å². The zero-order chi connectivity index (χ0) is 13.9. The Bertz CT molecular complexity index is 461. The van der Waals surface area contributed by atoms with E-state index in [1.54, 1.807) is 6.92 Å². The summed E-state index contributed by atoms with van der Waals surface area (Å²) in [5, 5.41) is 11.5. The Hall–Kier alpha value is -0.780. The predicted octanol–water partition coefficient (Wildman–Crippen LogP) is 3.28. The number of hydrogen-bond donors (Lipinski definition) is 2. The first-order chi connectivity index (χ1) is 8.36. The molecule has 0 aliphatic carbocycles. The van der Waals surface area contributed by atoms with Gasteiger partial charge in [-0.25, -0.2) is 4.79 Å². The molecule has 0 radical (unpaired) electrons.